The lowest BCUT2D eigenvalue weighted by Crippen LogP contribution is -2.24. The van der Waals surface area contributed by atoms with Crippen LogP contribution in [0.15, 0.2) is 53.0 Å². The van der Waals surface area contributed by atoms with Crippen LogP contribution in [0.3, 0.4) is 0 Å². The molecule has 0 saturated carbocycles. The van der Waals surface area contributed by atoms with Gasteiger partial charge in [-0.15, -0.1) is 0 Å². The van der Waals surface area contributed by atoms with Gasteiger partial charge in [-0.2, -0.15) is 0 Å². The second kappa shape index (κ2) is 6.80. The third-order valence-corrected chi connectivity index (χ3v) is 3.57. The largest absolute Gasteiger partial charge is 0.394 e. The van der Waals surface area contributed by atoms with E-state index in [4.69, 9.17) is 0 Å². The molecule has 0 aromatic heterocycles. The monoisotopic (exact) mass is 323 g/mol. The summed E-state index contributed by atoms with van der Waals surface area (Å²) in [5.41, 5.74) is 1.86. The molecule has 4 heteroatoms. The van der Waals surface area contributed by atoms with E-state index >= 15 is 0 Å². The van der Waals surface area contributed by atoms with Crippen molar-refractivity contribution >= 4 is 15.9 Å². The summed E-state index contributed by atoms with van der Waals surface area (Å²) in [6.45, 7) is 0.553. The van der Waals surface area contributed by atoms with Gasteiger partial charge in [-0.25, -0.2) is 4.39 Å². The van der Waals surface area contributed by atoms with Crippen molar-refractivity contribution < 1.29 is 9.50 Å². The Kier molecular flexibility index (Phi) is 5.07. The van der Waals surface area contributed by atoms with Gasteiger partial charge in [0.15, 0.2) is 0 Å². The van der Waals surface area contributed by atoms with E-state index in [0.29, 0.717) is 11.0 Å². The van der Waals surface area contributed by atoms with Gasteiger partial charge < -0.3 is 10.4 Å². The van der Waals surface area contributed by atoms with Gasteiger partial charge in [0.2, 0.25) is 0 Å². The molecular formula is C15H15BrFNO. The van der Waals surface area contributed by atoms with E-state index in [1.807, 2.05) is 30.3 Å². The van der Waals surface area contributed by atoms with Crippen LogP contribution < -0.4 is 5.32 Å². The highest BCUT2D eigenvalue weighted by Gasteiger charge is 2.11. The SMILES string of the molecule is OCC(NCc1ccccc1)c1ccc(Br)c(F)c1. The third kappa shape index (κ3) is 3.86. The average molecular weight is 324 g/mol. The normalized spacial score (nSPS) is 12.4. The molecule has 19 heavy (non-hydrogen) atoms. The molecule has 0 heterocycles. The van der Waals surface area contributed by atoms with E-state index in [0.717, 1.165) is 11.1 Å². The van der Waals surface area contributed by atoms with Crippen LogP contribution >= 0.6 is 15.9 Å². The second-order valence-corrected chi connectivity index (χ2v) is 5.13. The first kappa shape index (κ1) is 14.2. The summed E-state index contributed by atoms with van der Waals surface area (Å²) < 4.78 is 13.9. The van der Waals surface area contributed by atoms with Crippen molar-refractivity contribution in [2.75, 3.05) is 6.61 Å². The summed E-state index contributed by atoms with van der Waals surface area (Å²) in [4.78, 5) is 0. The van der Waals surface area contributed by atoms with Crippen LogP contribution in [-0.4, -0.2) is 11.7 Å². The topological polar surface area (TPSA) is 32.3 Å². The van der Waals surface area contributed by atoms with E-state index in [1.165, 1.54) is 6.07 Å². The molecule has 0 aliphatic carbocycles. The Bertz CT molecular complexity index is 533. The Morgan fingerprint density at radius 1 is 1.16 bits per heavy atom. The molecule has 1 unspecified atom stereocenters. The van der Waals surface area contributed by atoms with E-state index in [2.05, 4.69) is 21.2 Å². The Morgan fingerprint density at radius 2 is 1.89 bits per heavy atom. The summed E-state index contributed by atoms with van der Waals surface area (Å²) in [5, 5.41) is 12.6. The highest BCUT2D eigenvalue weighted by atomic mass is 79.9. The summed E-state index contributed by atoms with van der Waals surface area (Å²) in [6, 6.07) is 14.5. The molecule has 100 valence electrons. The average Bonchev–Trinajstić information content (AvgIpc) is 2.44. The van der Waals surface area contributed by atoms with Crippen molar-refractivity contribution in [3.8, 4) is 0 Å². The molecule has 0 saturated heterocycles. The molecule has 2 aromatic carbocycles. The lowest BCUT2D eigenvalue weighted by atomic mass is 10.1. The first-order valence-electron chi connectivity index (χ1n) is 6.04. The fourth-order valence-electron chi connectivity index (χ4n) is 1.85. The van der Waals surface area contributed by atoms with E-state index in [9.17, 15) is 9.50 Å². The van der Waals surface area contributed by atoms with Crippen molar-refractivity contribution in [2.24, 2.45) is 0 Å². The molecule has 0 fully saturated rings. The summed E-state index contributed by atoms with van der Waals surface area (Å²) in [6.07, 6.45) is 0. The summed E-state index contributed by atoms with van der Waals surface area (Å²) in [7, 11) is 0. The minimum Gasteiger partial charge on any atom is -0.394 e. The fourth-order valence-corrected chi connectivity index (χ4v) is 2.10. The molecule has 0 spiro atoms. The van der Waals surface area contributed by atoms with Gasteiger partial charge in [-0.1, -0.05) is 36.4 Å². The van der Waals surface area contributed by atoms with Gasteiger partial charge in [0.05, 0.1) is 17.1 Å². The predicted molar refractivity (Wildman–Crippen MR) is 77.2 cm³/mol. The van der Waals surface area contributed by atoms with Crippen molar-refractivity contribution in [1.29, 1.82) is 0 Å². The molecule has 2 N–H and O–H groups in total. The molecule has 0 radical (unpaired) electrons. The van der Waals surface area contributed by atoms with Crippen molar-refractivity contribution in [3.63, 3.8) is 0 Å². The van der Waals surface area contributed by atoms with Crippen LogP contribution in [0.4, 0.5) is 4.39 Å². The Balaban J connectivity index is 2.05. The molecule has 1 atom stereocenters. The van der Waals surface area contributed by atoms with Crippen LogP contribution in [0.1, 0.15) is 17.2 Å². The number of aliphatic hydroxyl groups excluding tert-OH is 1. The Hall–Kier alpha value is -1.23. The summed E-state index contributed by atoms with van der Waals surface area (Å²) >= 11 is 3.12. The van der Waals surface area contributed by atoms with Crippen LogP contribution in [0.2, 0.25) is 0 Å². The zero-order valence-electron chi connectivity index (χ0n) is 10.3. The van der Waals surface area contributed by atoms with Crippen molar-refractivity contribution in [2.45, 2.75) is 12.6 Å². The number of nitrogens with one attached hydrogen (secondary N) is 1. The lowest BCUT2D eigenvalue weighted by molar-refractivity contribution is 0.243. The molecular weight excluding hydrogens is 309 g/mol. The van der Waals surface area contributed by atoms with Gasteiger partial charge >= 0.3 is 0 Å². The minimum atomic E-state index is -0.322. The lowest BCUT2D eigenvalue weighted by Gasteiger charge is -2.17. The van der Waals surface area contributed by atoms with Gasteiger partial charge in [0, 0.05) is 6.54 Å². The molecule has 2 aromatic rings. The minimum absolute atomic E-state index is 0.0755. The highest BCUT2D eigenvalue weighted by Crippen LogP contribution is 2.21. The van der Waals surface area contributed by atoms with E-state index < -0.39 is 0 Å². The van der Waals surface area contributed by atoms with Crippen LogP contribution in [0, 0.1) is 5.82 Å². The highest BCUT2D eigenvalue weighted by molar-refractivity contribution is 9.10. The smallest absolute Gasteiger partial charge is 0.137 e. The number of benzene rings is 2. The van der Waals surface area contributed by atoms with Crippen molar-refractivity contribution in [3.05, 3.63) is 69.9 Å². The predicted octanol–water partition coefficient (Wildman–Crippen LogP) is 3.41. The number of aliphatic hydroxyl groups is 1. The Morgan fingerprint density at radius 3 is 2.53 bits per heavy atom. The molecule has 2 nitrogen and oxygen atoms in total. The van der Waals surface area contributed by atoms with Crippen molar-refractivity contribution in [1.82, 2.24) is 5.32 Å². The van der Waals surface area contributed by atoms with E-state index in [1.54, 1.807) is 12.1 Å². The van der Waals surface area contributed by atoms with Crippen LogP contribution in [0.25, 0.3) is 0 Å². The standard InChI is InChI=1S/C15H15BrFNO/c16-13-7-6-12(8-14(13)17)15(10-19)18-9-11-4-2-1-3-5-11/h1-8,15,18-19H,9-10H2. The quantitative estimate of drug-likeness (QED) is 0.883. The van der Waals surface area contributed by atoms with Gasteiger partial charge in [0.25, 0.3) is 0 Å². The first-order valence-corrected chi connectivity index (χ1v) is 6.83. The van der Waals surface area contributed by atoms with E-state index in [-0.39, 0.29) is 18.5 Å². The maximum atomic E-state index is 13.5. The number of halogens is 2. The second-order valence-electron chi connectivity index (χ2n) is 4.28. The molecule has 0 amide bonds. The first-order chi connectivity index (χ1) is 9.20. The molecule has 0 bridgehead atoms. The zero-order valence-corrected chi connectivity index (χ0v) is 11.9. The van der Waals surface area contributed by atoms with Gasteiger partial charge in [0.1, 0.15) is 5.82 Å². The molecule has 2 rings (SSSR count). The zero-order chi connectivity index (χ0) is 13.7. The molecule has 0 aliphatic heterocycles. The van der Waals surface area contributed by atoms with Gasteiger partial charge in [-0.3, -0.25) is 0 Å². The van der Waals surface area contributed by atoms with Crippen LogP contribution in [0.5, 0.6) is 0 Å². The molecule has 0 aliphatic rings. The fraction of sp³-hybridized carbons (Fsp3) is 0.200. The Labute approximate surface area is 120 Å². The maximum absolute atomic E-state index is 13.5. The number of hydrogen-bond acceptors (Lipinski definition) is 2. The maximum Gasteiger partial charge on any atom is 0.137 e. The van der Waals surface area contributed by atoms with Gasteiger partial charge in [-0.05, 0) is 39.2 Å². The number of hydrogen-bond donors (Lipinski definition) is 2. The summed E-state index contributed by atoms with van der Waals surface area (Å²) in [5.74, 6) is -0.322. The third-order valence-electron chi connectivity index (χ3n) is 2.92. The number of rotatable bonds is 5. The van der Waals surface area contributed by atoms with Crippen LogP contribution in [-0.2, 0) is 6.54 Å².